The van der Waals surface area contributed by atoms with Gasteiger partial charge < -0.3 is 9.84 Å². The van der Waals surface area contributed by atoms with Crippen LogP contribution in [0.5, 0.6) is 0 Å². The molecule has 3 heteroatoms. The molecule has 2 rings (SSSR count). The number of carboxylic acid groups (broad SMARTS) is 1. The molecule has 2 fully saturated rings. The Bertz CT molecular complexity index is 225. The number of rotatable bonds is 2. The lowest BCUT2D eigenvalue weighted by atomic mass is 9.72. The zero-order valence-corrected chi connectivity index (χ0v) is 8.61. The van der Waals surface area contributed by atoms with Gasteiger partial charge in [0.25, 0.3) is 0 Å². The Morgan fingerprint density at radius 3 is 3.00 bits per heavy atom. The first kappa shape index (κ1) is 9.97. The Hall–Kier alpha value is -0.570. The van der Waals surface area contributed by atoms with Gasteiger partial charge in [-0.3, -0.25) is 4.79 Å². The molecule has 1 saturated carbocycles. The van der Waals surface area contributed by atoms with Crippen molar-refractivity contribution in [3.8, 4) is 0 Å². The van der Waals surface area contributed by atoms with Gasteiger partial charge in [-0.05, 0) is 30.6 Å². The highest BCUT2D eigenvalue weighted by Gasteiger charge is 2.42. The van der Waals surface area contributed by atoms with Crippen LogP contribution in [0, 0.1) is 17.8 Å². The van der Waals surface area contributed by atoms with Gasteiger partial charge in [0.1, 0.15) is 0 Å². The molecule has 0 spiro atoms. The van der Waals surface area contributed by atoms with E-state index in [-0.39, 0.29) is 0 Å². The minimum atomic E-state index is -0.658. The van der Waals surface area contributed by atoms with Crippen molar-refractivity contribution in [2.24, 2.45) is 17.8 Å². The summed E-state index contributed by atoms with van der Waals surface area (Å²) >= 11 is 0. The molecular weight excluding hydrogens is 180 g/mol. The smallest absolute Gasteiger partial charge is 0.303 e. The molecule has 0 aromatic rings. The van der Waals surface area contributed by atoms with E-state index in [0.29, 0.717) is 30.3 Å². The van der Waals surface area contributed by atoms with Crippen LogP contribution in [0.15, 0.2) is 0 Å². The lowest BCUT2D eigenvalue weighted by molar-refractivity contribution is -0.139. The average molecular weight is 198 g/mol. The van der Waals surface area contributed by atoms with Gasteiger partial charge in [-0.15, -0.1) is 0 Å². The maximum atomic E-state index is 10.7. The van der Waals surface area contributed by atoms with Crippen LogP contribution in [-0.4, -0.2) is 23.8 Å². The summed E-state index contributed by atoms with van der Waals surface area (Å²) in [5, 5.41) is 8.83. The van der Waals surface area contributed by atoms with Crippen molar-refractivity contribution >= 4 is 5.97 Å². The molecule has 1 aliphatic carbocycles. The lowest BCUT2D eigenvalue weighted by Gasteiger charge is -2.33. The van der Waals surface area contributed by atoms with Crippen molar-refractivity contribution in [3.05, 3.63) is 0 Å². The van der Waals surface area contributed by atoms with E-state index in [2.05, 4.69) is 6.92 Å². The van der Waals surface area contributed by atoms with Crippen molar-refractivity contribution in [3.63, 3.8) is 0 Å². The zero-order chi connectivity index (χ0) is 10.1. The lowest BCUT2D eigenvalue weighted by Crippen LogP contribution is -2.33. The molecule has 4 unspecified atom stereocenters. The highest BCUT2D eigenvalue weighted by Crippen LogP contribution is 2.42. The zero-order valence-electron chi connectivity index (χ0n) is 8.61. The number of ether oxygens (including phenoxy) is 1. The van der Waals surface area contributed by atoms with Crippen molar-refractivity contribution in [2.45, 2.75) is 38.7 Å². The van der Waals surface area contributed by atoms with Gasteiger partial charge in [0, 0.05) is 13.0 Å². The summed E-state index contributed by atoms with van der Waals surface area (Å²) in [4.78, 5) is 10.7. The third kappa shape index (κ3) is 1.78. The molecule has 1 N–H and O–H groups in total. The normalized spacial score (nSPS) is 42.1. The van der Waals surface area contributed by atoms with E-state index in [1.165, 1.54) is 0 Å². The molecule has 80 valence electrons. The third-order valence-corrected chi connectivity index (χ3v) is 3.70. The highest BCUT2D eigenvalue weighted by atomic mass is 16.5. The predicted octanol–water partition coefficient (Wildman–Crippen LogP) is 1.91. The molecule has 1 aliphatic heterocycles. The third-order valence-electron chi connectivity index (χ3n) is 3.70. The van der Waals surface area contributed by atoms with Crippen LogP contribution in [0.3, 0.4) is 0 Å². The van der Waals surface area contributed by atoms with E-state index in [0.717, 1.165) is 25.9 Å². The van der Waals surface area contributed by atoms with Gasteiger partial charge in [-0.2, -0.15) is 0 Å². The summed E-state index contributed by atoms with van der Waals surface area (Å²) in [6, 6.07) is 0. The number of aliphatic carboxylic acids is 1. The summed E-state index contributed by atoms with van der Waals surface area (Å²) in [6.07, 6.45) is 4.01. The van der Waals surface area contributed by atoms with Crippen LogP contribution in [0.4, 0.5) is 0 Å². The second-order valence-electron chi connectivity index (χ2n) is 4.72. The summed E-state index contributed by atoms with van der Waals surface area (Å²) in [7, 11) is 0. The van der Waals surface area contributed by atoms with E-state index in [4.69, 9.17) is 9.84 Å². The Morgan fingerprint density at radius 1 is 1.50 bits per heavy atom. The van der Waals surface area contributed by atoms with Gasteiger partial charge >= 0.3 is 5.97 Å². The quantitative estimate of drug-likeness (QED) is 0.737. The first-order valence-corrected chi connectivity index (χ1v) is 5.52. The number of fused-ring (bicyclic) bond motifs is 1. The van der Waals surface area contributed by atoms with Gasteiger partial charge in [-0.1, -0.05) is 13.3 Å². The minimum absolute atomic E-state index is 0.328. The SMILES string of the molecule is CC1COC2CCCC(CC(=O)O)C12. The van der Waals surface area contributed by atoms with Gasteiger partial charge in [0.15, 0.2) is 0 Å². The van der Waals surface area contributed by atoms with Gasteiger partial charge in [0.05, 0.1) is 6.10 Å². The van der Waals surface area contributed by atoms with E-state index in [1.54, 1.807) is 0 Å². The molecule has 2 aliphatic rings. The fraction of sp³-hybridized carbons (Fsp3) is 0.909. The molecule has 0 radical (unpaired) electrons. The fourth-order valence-electron chi connectivity index (χ4n) is 3.14. The maximum Gasteiger partial charge on any atom is 0.303 e. The maximum absolute atomic E-state index is 10.7. The van der Waals surface area contributed by atoms with Gasteiger partial charge in [0.2, 0.25) is 0 Å². The number of carboxylic acids is 1. The van der Waals surface area contributed by atoms with E-state index in [1.807, 2.05) is 0 Å². The monoisotopic (exact) mass is 198 g/mol. The van der Waals surface area contributed by atoms with Crippen LogP contribution in [-0.2, 0) is 9.53 Å². The molecule has 0 aromatic carbocycles. The predicted molar refractivity (Wildman–Crippen MR) is 52.0 cm³/mol. The average Bonchev–Trinajstić information content (AvgIpc) is 2.48. The number of hydrogen-bond acceptors (Lipinski definition) is 2. The second kappa shape index (κ2) is 3.89. The largest absolute Gasteiger partial charge is 0.481 e. The standard InChI is InChI=1S/C11H18O3/c1-7-6-14-9-4-2-3-8(11(7)9)5-10(12)13/h7-9,11H,2-6H2,1H3,(H,12,13). The minimum Gasteiger partial charge on any atom is -0.481 e. The Kier molecular flexibility index (Phi) is 2.77. The first-order chi connectivity index (χ1) is 6.68. The summed E-state index contributed by atoms with van der Waals surface area (Å²) in [6.45, 7) is 3.01. The molecule has 3 nitrogen and oxygen atoms in total. The summed E-state index contributed by atoms with van der Waals surface area (Å²) < 4.78 is 5.69. The van der Waals surface area contributed by atoms with Crippen molar-refractivity contribution < 1.29 is 14.6 Å². The van der Waals surface area contributed by atoms with Crippen LogP contribution in [0.25, 0.3) is 0 Å². The van der Waals surface area contributed by atoms with Crippen LogP contribution < -0.4 is 0 Å². The van der Waals surface area contributed by atoms with Crippen LogP contribution in [0.2, 0.25) is 0 Å². The van der Waals surface area contributed by atoms with E-state index in [9.17, 15) is 4.79 Å². The Morgan fingerprint density at radius 2 is 2.29 bits per heavy atom. The van der Waals surface area contributed by atoms with E-state index < -0.39 is 5.97 Å². The van der Waals surface area contributed by atoms with Crippen molar-refractivity contribution in [1.29, 1.82) is 0 Å². The molecule has 1 saturated heterocycles. The Labute approximate surface area is 84.4 Å². The number of carbonyl (C=O) groups is 1. The Balaban J connectivity index is 2.04. The first-order valence-electron chi connectivity index (χ1n) is 5.52. The summed E-state index contributed by atoms with van der Waals surface area (Å²) in [5.74, 6) is 0.739. The van der Waals surface area contributed by atoms with Crippen LogP contribution >= 0.6 is 0 Å². The fourth-order valence-corrected chi connectivity index (χ4v) is 3.14. The second-order valence-corrected chi connectivity index (χ2v) is 4.72. The molecule has 0 aromatic heterocycles. The molecule has 1 heterocycles. The van der Waals surface area contributed by atoms with Gasteiger partial charge in [-0.25, -0.2) is 0 Å². The topological polar surface area (TPSA) is 46.5 Å². The molecular formula is C11H18O3. The molecule has 14 heavy (non-hydrogen) atoms. The van der Waals surface area contributed by atoms with E-state index >= 15 is 0 Å². The molecule has 0 bridgehead atoms. The van der Waals surface area contributed by atoms with Crippen molar-refractivity contribution in [1.82, 2.24) is 0 Å². The molecule has 0 amide bonds. The summed E-state index contributed by atoms with van der Waals surface area (Å²) in [5.41, 5.74) is 0. The number of hydrogen-bond donors (Lipinski definition) is 1. The van der Waals surface area contributed by atoms with Crippen molar-refractivity contribution in [2.75, 3.05) is 6.61 Å². The van der Waals surface area contributed by atoms with Crippen LogP contribution in [0.1, 0.15) is 32.6 Å². The highest BCUT2D eigenvalue weighted by molar-refractivity contribution is 5.67. The molecule has 4 atom stereocenters.